The van der Waals surface area contributed by atoms with Crippen LogP contribution in [0.1, 0.15) is 77.4 Å². The molecular weight excluding hydrogens is 490 g/mol. The van der Waals surface area contributed by atoms with Crippen molar-refractivity contribution in [2.24, 2.45) is 0 Å². The van der Waals surface area contributed by atoms with E-state index in [4.69, 9.17) is 9.72 Å². The number of pyridine rings is 2. The molecule has 3 fully saturated rings. The van der Waals surface area contributed by atoms with E-state index in [1.165, 1.54) is 18.4 Å². The van der Waals surface area contributed by atoms with Crippen LogP contribution in [0.4, 0.5) is 5.69 Å². The minimum atomic E-state index is -0.580. The number of nitrogens with one attached hydrogen (secondary N) is 1. The van der Waals surface area contributed by atoms with Gasteiger partial charge in [0, 0.05) is 24.8 Å². The van der Waals surface area contributed by atoms with Crippen LogP contribution in [0.3, 0.4) is 0 Å². The molecule has 9 heteroatoms. The van der Waals surface area contributed by atoms with Gasteiger partial charge in [-0.05, 0) is 82.1 Å². The van der Waals surface area contributed by atoms with Crippen LogP contribution in [-0.2, 0) is 10.2 Å². The van der Waals surface area contributed by atoms with Crippen LogP contribution >= 0.6 is 0 Å². The Labute approximate surface area is 229 Å². The molecule has 3 aliphatic rings. The van der Waals surface area contributed by atoms with Crippen molar-refractivity contribution in [2.75, 3.05) is 31.6 Å². The van der Waals surface area contributed by atoms with E-state index in [-0.39, 0.29) is 5.91 Å². The molecule has 4 heterocycles. The number of nitrogens with zero attached hydrogens (tertiary/aromatic N) is 6. The molecular formula is C30H35N7O2. The van der Waals surface area contributed by atoms with Gasteiger partial charge in [0.25, 0.3) is 5.91 Å². The fourth-order valence-electron chi connectivity index (χ4n) is 6.14. The minimum Gasteiger partial charge on any atom is -0.379 e. The van der Waals surface area contributed by atoms with Crippen LogP contribution in [0.5, 0.6) is 0 Å². The van der Waals surface area contributed by atoms with Gasteiger partial charge in [-0.2, -0.15) is 10.4 Å². The van der Waals surface area contributed by atoms with Gasteiger partial charge in [-0.25, -0.2) is 9.67 Å². The number of aromatic nitrogens is 4. The molecule has 3 aromatic rings. The zero-order valence-electron chi connectivity index (χ0n) is 22.7. The van der Waals surface area contributed by atoms with Crippen LogP contribution in [-0.4, -0.2) is 62.9 Å². The molecule has 0 unspecified atom stereocenters. The molecule has 1 aliphatic heterocycles. The van der Waals surface area contributed by atoms with Crippen molar-refractivity contribution in [1.29, 1.82) is 5.26 Å². The molecule has 1 amide bonds. The number of morpholine rings is 1. The van der Waals surface area contributed by atoms with Gasteiger partial charge >= 0.3 is 0 Å². The third-order valence-corrected chi connectivity index (χ3v) is 8.70. The lowest BCUT2D eigenvalue weighted by molar-refractivity contribution is 0.00493. The Hall–Kier alpha value is -3.61. The average Bonchev–Trinajstić information content (AvgIpc) is 3.74. The van der Waals surface area contributed by atoms with E-state index in [1.54, 1.807) is 17.1 Å². The Morgan fingerprint density at radius 1 is 1.08 bits per heavy atom. The first-order valence-electron chi connectivity index (χ1n) is 14.0. The molecule has 1 saturated heterocycles. The first kappa shape index (κ1) is 25.7. The van der Waals surface area contributed by atoms with E-state index in [9.17, 15) is 10.1 Å². The molecule has 202 valence electrons. The van der Waals surface area contributed by atoms with Crippen LogP contribution in [0.2, 0.25) is 0 Å². The van der Waals surface area contributed by atoms with Crippen LogP contribution in [0.25, 0.3) is 5.82 Å². The fraction of sp³-hybridized carbons (Fsp3) is 0.500. The number of nitriles is 1. The highest BCUT2D eigenvalue weighted by Gasteiger charge is 2.40. The molecule has 0 bridgehead atoms. The Morgan fingerprint density at radius 3 is 2.49 bits per heavy atom. The van der Waals surface area contributed by atoms with Gasteiger partial charge in [0.1, 0.15) is 0 Å². The first-order valence-corrected chi connectivity index (χ1v) is 14.0. The average molecular weight is 526 g/mol. The summed E-state index contributed by atoms with van der Waals surface area (Å²) in [5, 5.41) is 17.5. The number of amides is 1. The Kier molecular flexibility index (Phi) is 6.92. The van der Waals surface area contributed by atoms with Crippen LogP contribution in [0, 0.1) is 25.2 Å². The number of ether oxygens (including phenoxy) is 1. The van der Waals surface area contributed by atoms with E-state index in [0.717, 1.165) is 69.1 Å². The summed E-state index contributed by atoms with van der Waals surface area (Å²) in [7, 11) is 0. The Balaban J connectivity index is 1.12. The molecule has 3 aromatic heterocycles. The quantitative estimate of drug-likeness (QED) is 0.507. The predicted molar refractivity (Wildman–Crippen MR) is 147 cm³/mol. The van der Waals surface area contributed by atoms with Crippen molar-refractivity contribution in [1.82, 2.24) is 24.6 Å². The molecule has 39 heavy (non-hydrogen) atoms. The zero-order chi connectivity index (χ0) is 27.0. The largest absolute Gasteiger partial charge is 0.379 e. The monoisotopic (exact) mass is 525 g/mol. The predicted octanol–water partition coefficient (Wildman–Crippen LogP) is 4.45. The second kappa shape index (κ2) is 10.5. The number of rotatable bonds is 6. The summed E-state index contributed by atoms with van der Waals surface area (Å²) < 4.78 is 7.20. The van der Waals surface area contributed by atoms with Crippen molar-refractivity contribution in [3.05, 3.63) is 64.9 Å². The van der Waals surface area contributed by atoms with Gasteiger partial charge in [-0.15, -0.1) is 0 Å². The lowest BCUT2D eigenvalue weighted by Gasteiger charge is -2.41. The molecule has 2 aliphatic carbocycles. The maximum absolute atomic E-state index is 13.1. The summed E-state index contributed by atoms with van der Waals surface area (Å²) in [5.41, 5.74) is 4.33. The Morgan fingerprint density at radius 2 is 1.85 bits per heavy atom. The molecule has 0 atom stereocenters. The highest BCUT2D eigenvalue weighted by molar-refractivity contribution is 6.04. The lowest BCUT2D eigenvalue weighted by Crippen LogP contribution is -2.47. The fourth-order valence-corrected chi connectivity index (χ4v) is 6.14. The number of carbonyl (C=O) groups is 1. The molecule has 0 spiro atoms. The molecule has 0 radical (unpaired) electrons. The van der Waals surface area contributed by atoms with Gasteiger partial charge < -0.3 is 10.1 Å². The lowest BCUT2D eigenvalue weighted by atomic mass is 9.71. The minimum absolute atomic E-state index is 0.249. The van der Waals surface area contributed by atoms with E-state index < -0.39 is 5.41 Å². The number of carbonyl (C=O) groups excluding carboxylic acids is 1. The van der Waals surface area contributed by atoms with Crippen molar-refractivity contribution in [3.8, 4) is 11.9 Å². The normalized spacial score (nSPS) is 23.8. The molecule has 2 saturated carbocycles. The third-order valence-electron chi connectivity index (χ3n) is 8.70. The summed E-state index contributed by atoms with van der Waals surface area (Å²) >= 11 is 0. The van der Waals surface area contributed by atoms with E-state index >= 15 is 0 Å². The summed E-state index contributed by atoms with van der Waals surface area (Å²) in [6.45, 7) is 7.43. The van der Waals surface area contributed by atoms with Crippen molar-refractivity contribution in [3.63, 3.8) is 0 Å². The molecule has 1 N–H and O–H groups in total. The SMILES string of the molecule is Cc1nc(-n2ncc(C(=O)Nc3ccc([C@]4(C#N)CC[C@@H](N5CCOCC5)CC4)nc3)c2C)ccc1C1CC1. The third kappa shape index (κ3) is 5.07. The van der Waals surface area contributed by atoms with Gasteiger partial charge in [-0.1, -0.05) is 6.07 Å². The van der Waals surface area contributed by atoms with Crippen molar-refractivity contribution >= 4 is 11.6 Å². The van der Waals surface area contributed by atoms with E-state index in [0.29, 0.717) is 29.0 Å². The van der Waals surface area contributed by atoms with Gasteiger partial charge in [0.2, 0.25) is 0 Å². The topological polar surface area (TPSA) is 109 Å². The van der Waals surface area contributed by atoms with Gasteiger partial charge in [0.15, 0.2) is 5.82 Å². The van der Waals surface area contributed by atoms with E-state index in [2.05, 4.69) is 32.4 Å². The summed E-state index contributed by atoms with van der Waals surface area (Å²) in [6.07, 6.45) is 9.24. The van der Waals surface area contributed by atoms with Gasteiger partial charge in [0.05, 0.1) is 59.7 Å². The second-order valence-electron chi connectivity index (χ2n) is 11.1. The van der Waals surface area contributed by atoms with E-state index in [1.807, 2.05) is 32.0 Å². The smallest absolute Gasteiger partial charge is 0.259 e. The second-order valence-corrected chi connectivity index (χ2v) is 11.1. The Bertz CT molecular complexity index is 1390. The number of anilines is 1. The zero-order valence-corrected chi connectivity index (χ0v) is 22.7. The number of hydrogen-bond acceptors (Lipinski definition) is 7. The van der Waals surface area contributed by atoms with Crippen LogP contribution in [0.15, 0.2) is 36.7 Å². The molecule has 0 aromatic carbocycles. The first-order chi connectivity index (χ1) is 19.0. The number of hydrogen-bond donors (Lipinski definition) is 1. The molecule has 9 nitrogen and oxygen atoms in total. The summed E-state index contributed by atoms with van der Waals surface area (Å²) in [4.78, 5) is 25.0. The van der Waals surface area contributed by atoms with Crippen molar-refractivity contribution < 1.29 is 9.53 Å². The maximum Gasteiger partial charge on any atom is 0.259 e. The standard InChI is InChI=1S/C30H35N7O2/c1-20-25(22-3-4-22)6-8-28(34-20)37-21(2)26(18-33-37)29(38)35-23-5-7-27(32-17-23)30(19-31)11-9-24(10-12-30)36-13-15-39-16-14-36/h5-8,17-18,22,24H,3-4,9-16H2,1-2H3,(H,35,38)/t24-,30-. The summed E-state index contributed by atoms with van der Waals surface area (Å²) in [5.74, 6) is 1.10. The van der Waals surface area contributed by atoms with Crippen molar-refractivity contribution in [2.45, 2.75) is 69.7 Å². The number of aryl methyl sites for hydroxylation is 1. The summed E-state index contributed by atoms with van der Waals surface area (Å²) in [6, 6.07) is 10.9. The maximum atomic E-state index is 13.1. The van der Waals surface area contributed by atoms with Gasteiger partial charge in [-0.3, -0.25) is 14.7 Å². The highest BCUT2D eigenvalue weighted by Crippen LogP contribution is 2.41. The highest BCUT2D eigenvalue weighted by atomic mass is 16.5. The molecule has 6 rings (SSSR count). The van der Waals surface area contributed by atoms with Crippen LogP contribution < -0.4 is 5.32 Å².